The number of allylic oxidation sites excluding steroid dienone is 2. The van der Waals surface area contributed by atoms with E-state index in [9.17, 15) is 15.0 Å². The summed E-state index contributed by atoms with van der Waals surface area (Å²) in [6, 6.07) is 8.99. The molecule has 0 amide bonds. The predicted molar refractivity (Wildman–Crippen MR) is 87.6 cm³/mol. The number of aromatic nitrogens is 1. The Morgan fingerprint density at radius 3 is 2.68 bits per heavy atom. The molecule has 0 aliphatic heterocycles. The second-order valence-electron chi connectivity index (χ2n) is 5.63. The number of phenolic OH excluding ortho intramolecular Hbond substituents is 1. The number of carboxylic acids is 1. The molecule has 22 heavy (non-hydrogen) atoms. The highest BCUT2D eigenvalue weighted by Crippen LogP contribution is 2.36. The number of para-hydroxylation sites is 1. The van der Waals surface area contributed by atoms with E-state index in [1.54, 1.807) is 0 Å². The van der Waals surface area contributed by atoms with Gasteiger partial charge in [0.1, 0.15) is 5.75 Å². The van der Waals surface area contributed by atoms with Crippen LogP contribution in [0.5, 0.6) is 5.75 Å². The number of aromatic carboxylic acids is 1. The number of rotatable bonds is 3. The van der Waals surface area contributed by atoms with Gasteiger partial charge in [0.05, 0.1) is 11.1 Å². The number of nitrogens with one attached hydrogen (secondary N) is 1. The molecular weight excluding hydrogens is 278 g/mol. The Kier molecular flexibility index (Phi) is 3.37. The van der Waals surface area contributed by atoms with E-state index in [2.05, 4.69) is 4.98 Å². The first-order chi connectivity index (χ1) is 10.5. The second-order valence-corrected chi connectivity index (χ2v) is 5.63. The third kappa shape index (κ3) is 2.22. The van der Waals surface area contributed by atoms with E-state index in [1.165, 1.54) is 6.07 Å². The van der Waals surface area contributed by atoms with Gasteiger partial charge < -0.3 is 15.2 Å². The average Bonchev–Trinajstić information content (AvgIpc) is 2.86. The van der Waals surface area contributed by atoms with Crippen molar-refractivity contribution in [1.82, 2.24) is 4.98 Å². The van der Waals surface area contributed by atoms with Crippen molar-refractivity contribution in [3.63, 3.8) is 0 Å². The number of carboxylic acid groups (broad SMARTS) is 1. The number of aromatic hydroxyl groups is 1. The molecular formula is C18H17NO3. The largest absolute Gasteiger partial charge is 0.506 e. The maximum Gasteiger partial charge on any atom is 0.336 e. The van der Waals surface area contributed by atoms with Crippen molar-refractivity contribution in [3.05, 3.63) is 53.1 Å². The molecule has 0 bridgehead atoms. The van der Waals surface area contributed by atoms with Crippen LogP contribution in [0.1, 0.15) is 29.8 Å². The lowest BCUT2D eigenvalue weighted by Crippen LogP contribution is -2.03. The van der Waals surface area contributed by atoms with Crippen molar-refractivity contribution < 1.29 is 15.0 Å². The van der Waals surface area contributed by atoms with Crippen molar-refractivity contribution >= 4 is 27.8 Å². The third-order valence-electron chi connectivity index (χ3n) is 3.82. The van der Waals surface area contributed by atoms with Gasteiger partial charge in [0.25, 0.3) is 0 Å². The van der Waals surface area contributed by atoms with Gasteiger partial charge in [0, 0.05) is 16.3 Å². The number of hydrogen-bond donors (Lipinski definition) is 3. The minimum Gasteiger partial charge on any atom is -0.506 e. The summed E-state index contributed by atoms with van der Waals surface area (Å²) in [4.78, 5) is 14.8. The summed E-state index contributed by atoms with van der Waals surface area (Å²) in [5.41, 5.74) is 3.46. The van der Waals surface area contributed by atoms with Gasteiger partial charge in [-0.15, -0.1) is 0 Å². The van der Waals surface area contributed by atoms with Gasteiger partial charge in [-0.2, -0.15) is 0 Å². The van der Waals surface area contributed by atoms with Crippen LogP contribution in [0.15, 0.2) is 42.0 Å². The molecule has 0 unspecified atom stereocenters. The monoisotopic (exact) mass is 295 g/mol. The molecule has 0 saturated carbocycles. The summed E-state index contributed by atoms with van der Waals surface area (Å²) < 4.78 is 0. The normalized spacial score (nSPS) is 11.0. The highest BCUT2D eigenvalue weighted by Gasteiger charge is 2.19. The first-order valence-corrected chi connectivity index (χ1v) is 7.11. The Labute approximate surface area is 127 Å². The van der Waals surface area contributed by atoms with E-state index >= 15 is 0 Å². The molecule has 0 spiro atoms. The van der Waals surface area contributed by atoms with Crippen molar-refractivity contribution in [2.24, 2.45) is 0 Å². The summed E-state index contributed by atoms with van der Waals surface area (Å²) in [5, 5.41) is 21.4. The lowest BCUT2D eigenvalue weighted by atomic mass is 9.96. The number of aromatic amines is 1. The standard InChI is InChI=1S/C18H17NO3/c1-10(2)7-8-11-13(18(21)22)9-15(20)17-16(11)12-5-3-4-6-14(12)19-17/h3-7,9,19-20H,8H2,1-2H3,(H,21,22). The van der Waals surface area contributed by atoms with E-state index in [-0.39, 0.29) is 11.3 Å². The molecule has 4 heteroatoms. The Morgan fingerprint density at radius 2 is 2.00 bits per heavy atom. The Bertz CT molecular complexity index is 915. The van der Waals surface area contributed by atoms with Crippen LogP contribution in [0.4, 0.5) is 0 Å². The van der Waals surface area contributed by atoms with E-state index in [1.807, 2.05) is 44.2 Å². The zero-order valence-corrected chi connectivity index (χ0v) is 12.5. The zero-order valence-electron chi connectivity index (χ0n) is 12.5. The molecule has 112 valence electrons. The lowest BCUT2D eigenvalue weighted by molar-refractivity contribution is 0.0695. The summed E-state index contributed by atoms with van der Waals surface area (Å²) in [7, 11) is 0. The first-order valence-electron chi connectivity index (χ1n) is 7.11. The molecule has 0 aliphatic carbocycles. The minimum atomic E-state index is -1.03. The summed E-state index contributed by atoms with van der Waals surface area (Å²) in [6.45, 7) is 3.96. The van der Waals surface area contributed by atoms with E-state index in [4.69, 9.17) is 0 Å². The third-order valence-corrected chi connectivity index (χ3v) is 3.82. The van der Waals surface area contributed by atoms with Gasteiger partial charge in [-0.3, -0.25) is 0 Å². The van der Waals surface area contributed by atoms with E-state index in [0.29, 0.717) is 11.9 Å². The molecule has 3 rings (SSSR count). The molecule has 0 radical (unpaired) electrons. The molecule has 1 heterocycles. The lowest BCUT2D eigenvalue weighted by Gasteiger charge is -2.08. The number of fused-ring (bicyclic) bond motifs is 3. The highest BCUT2D eigenvalue weighted by atomic mass is 16.4. The molecule has 0 aliphatic rings. The van der Waals surface area contributed by atoms with Crippen LogP contribution in [0.3, 0.4) is 0 Å². The fraction of sp³-hybridized carbons (Fsp3) is 0.167. The quantitative estimate of drug-likeness (QED) is 0.633. The smallest absolute Gasteiger partial charge is 0.336 e. The van der Waals surface area contributed by atoms with Crippen molar-refractivity contribution in [1.29, 1.82) is 0 Å². The molecule has 1 aromatic heterocycles. The number of benzene rings is 2. The van der Waals surface area contributed by atoms with Crippen molar-refractivity contribution in [2.45, 2.75) is 20.3 Å². The van der Waals surface area contributed by atoms with Gasteiger partial charge in [0.2, 0.25) is 0 Å². The van der Waals surface area contributed by atoms with Crippen LogP contribution in [0.25, 0.3) is 21.8 Å². The van der Waals surface area contributed by atoms with Gasteiger partial charge in [-0.05, 0) is 38.0 Å². The van der Waals surface area contributed by atoms with Crippen LogP contribution in [0.2, 0.25) is 0 Å². The molecule has 4 nitrogen and oxygen atoms in total. The van der Waals surface area contributed by atoms with Crippen LogP contribution in [-0.2, 0) is 6.42 Å². The Balaban J connectivity index is 2.45. The van der Waals surface area contributed by atoms with Crippen LogP contribution in [-0.4, -0.2) is 21.2 Å². The minimum absolute atomic E-state index is 0.0375. The number of H-pyrrole nitrogens is 1. The summed E-state index contributed by atoms with van der Waals surface area (Å²) >= 11 is 0. The Morgan fingerprint density at radius 1 is 1.27 bits per heavy atom. The van der Waals surface area contributed by atoms with Gasteiger partial charge in [-0.25, -0.2) is 4.79 Å². The van der Waals surface area contributed by atoms with Gasteiger partial charge >= 0.3 is 5.97 Å². The van der Waals surface area contributed by atoms with Crippen molar-refractivity contribution in [2.75, 3.05) is 0 Å². The fourth-order valence-corrected chi connectivity index (χ4v) is 2.79. The predicted octanol–water partition coefficient (Wildman–Crippen LogP) is 4.23. The summed E-state index contributed by atoms with van der Waals surface area (Å²) in [5.74, 6) is -1.07. The molecule has 0 atom stereocenters. The highest BCUT2D eigenvalue weighted by molar-refractivity contribution is 6.13. The number of phenols is 1. The van der Waals surface area contributed by atoms with Gasteiger partial charge in [0.15, 0.2) is 0 Å². The zero-order chi connectivity index (χ0) is 15.9. The molecule has 3 N–H and O–H groups in total. The second kappa shape index (κ2) is 5.22. The van der Waals surface area contributed by atoms with Crippen LogP contribution >= 0.6 is 0 Å². The van der Waals surface area contributed by atoms with Crippen LogP contribution < -0.4 is 0 Å². The maximum atomic E-state index is 11.6. The average molecular weight is 295 g/mol. The summed E-state index contributed by atoms with van der Waals surface area (Å²) in [6.07, 6.45) is 2.52. The first kappa shape index (κ1) is 14.2. The molecule has 0 fully saturated rings. The molecule has 0 saturated heterocycles. The van der Waals surface area contributed by atoms with E-state index in [0.717, 1.165) is 27.4 Å². The van der Waals surface area contributed by atoms with Gasteiger partial charge in [-0.1, -0.05) is 29.8 Å². The molecule has 2 aromatic carbocycles. The SMILES string of the molecule is CC(C)=CCc1c(C(=O)O)cc(O)c2[nH]c3ccccc3c12. The van der Waals surface area contributed by atoms with Crippen LogP contribution in [0, 0.1) is 0 Å². The number of hydrogen-bond acceptors (Lipinski definition) is 2. The van der Waals surface area contributed by atoms with E-state index < -0.39 is 5.97 Å². The number of carbonyl (C=O) groups is 1. The van der Waals surface area contributed by atoms with Crippen molar-refractivity contribution in [3.8, 4) is 5.75 Å². The fourth-order valence-electron chi connectivity index (χ4n) is 2.79. The topological polar surface area (TPSA) is 73.3 Å². The Hall–Kier alpha value is -2.75. The maximum absolute atomic E-state index is 11.6. The molecule has 3 aromatic rings.